The first-order valence-electron chi connectivity index (χ1n) is 6.43. The summed E-state index contributed by atoms with van der Waals surface area (Å²) in [6, 6.07) is 7.12. The fourth-order valence-corrected chi connectivity index (χ4v) is 2.21. The standard InChI is InChI=1S/C15H18N2O3/c1-15(2)8-11(18)14(12(19)9-15)17-16-10-6-4-5-7-13(10)20-3/h4-7,18H,8-9H2,1-3H3. The van der Waals surface area contributed by atoms with Crippen molar-refractivity contribution < 1.29 is 14.6 Å². The van der Waals surface area contributed by atoms with Crippen LogP contribution in [0, 0.1) is 5.41 Å². The van der Waals surface area contributed by atoms with Crippen LogP contribution in [0.1, 0.15) is 26.7 Å². The second-order valence-electron chi connectivity index (χ2n) is 5.61. The van der Waals surface area contributed by atoms with Crippen LogP contribution < -0.4 is 4.74 Å². The van der Waals surface area contributed by atoms with Crippen molar-refractivity contribution in [3.8, 4) is 5.75 Å². The largest absolute Gasteiger partial charge is 0.510 e. The van der Waals surface area contributed by atoms with Crippen LogP contribution in [-0.4, -0.2) is 18.0 Å². The quantitative estimate of drug-likeness (QED) is 0.848. The van der Waals surface area contributed by atoms with E-state index in [9.17, 15) is 9.90 Å². The van der Waals surface area contributed by atoms with E-state index >= 15 is 0 Å². The average Bonchev–Trinajstić information content (AvgIpc) is 2.36. The molecular weight excluding hydrogens is 256 g/mol. The minimum Gasteiger partial charge on any atom is -0.510 e. The molecule has 0 amide bonds. The van der Waals surface area contributed by atoms with E-state index in [2.05, 4.69) is 10.2 Å². The molecule has 0 atom stereocenters. The number of aliphatic hydroxyl groups is 1. The zero-order valence-electron chi connectivity index (χ0n) is 11.9. The van der Waals surface area contributed by atoms with Gasteiger partial charge in [0.2, 0.25) is 0 Å². The Morgan fingerprint density at radius 3 is 2.55 bits per heavy atom. The van der Waals surface area contributed by atoms with Crippen molar-refractivity contribution in [2.45, 2.75) is 26.7 Å². The summed E-state index contributed by atoms with van der Waals surface area (Å²) in [6.07, 6.45) is 0.788. The van der Waals surface area contributed by atoms with Crippen LogP contribution in [0.5, 0.6) is 5.75 Å². The maximum absolute atomic E-state index is 12.0. The monoisotopic (exact) mass is 274 g/mol. The minimum absolute atomic E-state index is 0.00454. The topological polar surface area (TPSA) is 71.2 Å². The number of azo groups is 1. The molecule has 1 aliphatic rings. The first-order valence-corrected chi connectivity index (χ1v) is 6.43. The Morgan fingerprint density at radius 1 is 1.20 bits per heavy atom. The van der Waals surface area contributed by atoms with Gasteiger partial charge in [-0.15, -0.1) is 10.2 Å². The lowest BCUT2D eigenvalue weighted by Gasteiger charge is -2.27. The highest BCUT2D eigenvalue weighted by Gasteiger charge is 2.33. The summed E-state index contributed by atoms with van der Waals surface area (Å²) in [5.41, 5.74) is 0.341. The molecule has 106 valence electrons. The van der Waals surface area contributed by atoms with Crippen molar-refractivity contribution in [2.75, 3.05) is 7.11 Å². The van der Waals surface area contributed by atoms with Crippen LogP contribution in [0.25, 0.3) is 0 Å². The van der Waals surface area contributed by atoms with Crippen molar-refractivity contribution in [2.24, 2.45) is 15.6 Å². The zero-order valence-corrected chi connectivity index (χ0v) is 11.9. The number of nitrogens with zero attached hydrogens (tertiary/aromatic N) is 2. The third-order valence-corrected chi connectivity index (χ3v) is 3.17. The molecule has 0 heterocycles. The highest BCUT2D eigenvalue weighted by atomic mass is 16.5. The second kappa shape index (κ2) is 5.45. The summed E-state index contributed by atoms with van der Waals surface area (Å²) in [5, 5.41) is 17.9. The van der Waals surface area contributed by atoms with Crippen LogP contribution in [-0.2, 0) is 4.79 Å². The van der Waals surface area contributed by atoms with Crippen LogP contribution in [0.15, 0.2) is 46.0 Å². The number of allylic oxidation sites excluding steroid dienone is 2. The van der Waals surface area contributed by atoms with E-state index in [0.717, 1.165) is 0 Å². The van der Waals surface area contributed by atoms with Crippen molar-refractivity contribution in [3.63, 3.8) is 0 Å². The van der Waals surface area contributed by atoms with Gasteiger partial charge < -0.3 is 9.84 Å². The van der Waals surface area contributed by atoms with Gasteiger partial charge in [-0.2, -0.15) is 0 Å². The van der Waals surface area contributed by atoms with Crippen molar-refractivity contribution >= 4 is 11.5 Å². The van der Waals surface area contributed by atoms with Gasteiger partial charge in [0.1, 0.15) is 17.2 Å². The number of ketones is 1. The molecule has 0 saturated carbocycles. The predicted molar refractivity (Wildman–Crippen MR) is 75.2 cm³/mol. The van der Waals surface area contributed by atoms with Crippen molar-refractivity contribution in [1.29, 1.82) is 0 Å². The van der Waals surface area contributed by atoms with Gasteiger partial charge in [-0.05, 0) is 17.5 Å². The van der Waals surface area contributed by atoms with Crippen LogP contribution >= 0.6 is 0 Å². The molecule has 1 aromatic carbocycles. The highest BCUT2D eigenvalue weighted by molar-refractivity contribution is 5.96. The number of para-hydroxylation sites is 1. The van der Waals surface area contributed by atoms with Gasteiger partial charge >= 0.3 is 0 Å². The Balaban J connectivity index is 2.29. The van der Waals surface area contributed by atoms with Gasteiger partial charge in [0.25, 0.3) is 0 Å². The van der Waals surface area contributed by atoms with Crippen LogP contribution in [0.3, 0.4) is 0 Å². The SMILES string of the molecule is COc1ccccc1N=NC1=C(O)CC(C)(C)CC1=O. The summed E-state index contributed by atoms with van der Waals surface area (Å²) in [7, 11) is 1.54. The molecule has 2 rings (SSSR count). The van der Waals surface area contributed by atoms with Gasteiger partial charge in [0, 0.05) is 12.8 Å². The molecule has 5 heteroatoms. The average molecular weight is 274 g/mol. The third-order valence-electron chi connectivity index (χ3n) is 3.17. The molecule has 0 unspecified atom stereocenters. The molecule has 1 aliphatic carbocycles. The maximum Gasteiger partial charge on any atom is 0.187 e. The van der Waals surface area contributed by atoms with Gasteiger partial charge in [0.05, 0.1) is 7.11 Å². The molecule has 0 spiro atoms. The molecule has 1 N–H and O–H groups in total. The van der Waals surface area contributed by atoms with Crippen LogP contribution in [0.2, 0.25) is 0 Å². The van der Waals surface area contributed by atoms with Gasteiger partial charge in [0.15, 0.2) is 11.5 Å². The number of hydrogen-bond acceptors (Lipinski definition) is 5. The number of Topliss-reactive ketones (excluding diaryl/α,β-unsaturated/α-hetero) is 1. The van der Waals surface area contributed by atoms with Crippen LogP contribution in [0.4, 0.5) is 5.69 Å². The number of ether oxygens (including phenoxy) is 1. The van der Waals surface area contributed by atoms with E-state index in [-0.39, 0.29) is 22.7 Å². The molecule has 1 aromatic rings. The summed E-state index contributed by atoms with van der Waals surface area (Å²) in [4.78, 5) is 12.0. The first kappa shape index (κ1) is 14.2. The number of aliphatic hydroxyl groups excluding tert-OH is 1. The van der Waals surface area contributed by atoms with E-state index in [1.54, 1.807) is 25.3 Å². The molecule has 0 bridgehead atoms. The lowest BCUT2D eigenvalue weighted by atomic mass is 9.78. The maximum atomic E-state index is 12.0. The fourth-order valence-electron chi connectivity index (χ4n) is 2.21. The molecule has 0 fully saturated rings. The number of carbonyl (C=O) groups excluding carboxylic acids is 1. The molecule has 20 heavy (non-hydrogen) atoms. The highest BCUT2D eigenvalue weighted by Crippen LogP contribution is 2.37. The Hall–Kier alpha value is -2.17. The van der Waals surface area contributed by atoms with E-state index in [4.69, 9.17) is 4.74 Å². The first-order chi connectivity index (χ1) is 9.43. The van der Waals surface area contributed by atoms with Gasteiger partial charge in [-0.1, -0.05) is 26.0 Å². The van der Waals surface area contributed by atoms with Gasteiger partial charge in [-0.25, -0.2) is 0 Å². The number of benzene rings is 1. The molecule has 0 radical (unpaired) electrons. The lowest BCUT2D eigenvalue weighted by Crippen LogP contribution is -2.25. The summed E-state index contributed by atoms with van der Waals surface area (Å²) in [5.74, 6) is 0.391. The molecule has 0 aromatic heterocycles. The van der Waals surface area contributed by atoms with E-state index in [1.165, 1.54) is 0 Å². The second-order valence-corrected chi connectivity index (χ2v) is 5.61. The third kappa shape index (κ3) is 3.04. The van der Waals surface area contributed by atoms with Crippen molar-refractivity contribution in [3.05, 3.63) is 35.7 Å². The lowest BCUT2D eigenvalue weighted by molar-refractivity contribution is -0.118. The number of rotatable bonds is 3. The predicted octanol–water partition coefficient (Wildman–Crippen LogP) is 3.94. The fraction of sp³-hybridized carbons (Fsp3) is 0.400. The molecule has 0 aliphatic heterocycles. The Bertz CT molecular complexity index is 589. The number of hydrogen-bond donors (Lipinski definition) is 1. The Labute approximate surface area is 118 Å². The molecular formula is C15H18N2O3. The number of methoxy groups -OCH3 is 1. The summed E-state index contributed by atoms with van der Waals surface area (Å²) < 4.78 is 5.15. The Morgan fingerprint density at radius 2 is 1.90 bits per heavy atom. The van der Waals surface area contributed by atoms with E-state index in [1.807, 2.05) is 19.9 Å². The minimum atomic E-state index is -0.232. The molecule has 5 nitrogen and oxygen atoms in total. The zero-order chi connectivity index (χ0) is 14.8. The summed E-state index contributed by atoms with van der Waals surface area (Å²) in [6.45, 7) is 3.88. The molecule has 0 saturated heterocycles. The Kier molecular flexibility index (Phi) is 3.88. The van der Waals surface area contributed by atoms with E-state index in [0.29, 0.717) is 24.3 Å². The summed E-state index contributed by atoms with van der Waals surface area (Å²) >= 11 is 0. The van der Waals surface area contributed by atoms with E-state index < -0.39 is 0 Å². The van der Waals surface area contributed by atoms with Gasteiger partial charge in [-0.3, -0.25) is 4.79 Å². The van der Waals surface area contributed by atoms with Crippen molar-refractivity contribution in [1.82, 2.24) is 0 Å². The number of carbonyl (C=O) groups is 1. The smallest absolute Gasteiger partial charge is 0.187 e. The normalized spacial score (nSPS) is 18.6.